The third-order valence-electron chi connectivity index (χ3n) is 3.05. The number of rotatable bonds is 4. The van der Waals surface area contributed by atoms with Gasteiger partial charge in [0, 0.05) is 0 Å². The molecule has 0 saturated carbocycles. The van der Waals surface area contributed by atoms with Crippen molar-refractivity contribution in [1.82, 2.24) is 9.97 Å². The molecule has 0 aliphatic heterocycles. The summed E-state index contributed by atoms with van der Waals surface area (Å²) in [4.78, 5) is 8.12. The van der Waals surface area contributed by atoms with Gasteiger partial charge in [0.15, 0.2) is 0 Å². The van der Waals surface area contributed by atoms with Gasteiger partial charge in [0.1, 0.15) is 23.9 Å². The number of aromatic nitrogens is 2. The van der Waals surface area contributed by atoms with E-state index in [1.807, 2.05) is 31.2 Å². The minimum Gasteiger partial charge on any atom is -0.439 e. The highest BCUT2D eigenvalue weighted by Gasteiger charge is 2.07. The SMILES string of the molecule is Cc1cccc(Oc2cc(Oc3ccccc3C#N)ncn2)c1. The molecule has 0 saturated heterocycles. The summed E-state index contributed by atoms with van der Waals surface area (Å²) in [6.07, 6.45) is 1.36. The van der Waals surface area contributed by atoms with Crippen molar-refractivity contribution in [2.24, 2.45) is 0 Å². The van der Waals surface area contributed by atoms with Crippen LogP contribution in [0.5, 0.6) is 23.3 Å². The van der Waals surface area contributed by atoms with Crippen molar-refractivity contribution in [3.8, 4) is 29.3 Å². The van der Waals surface area contributed by atoms with E-state index in [9.17, 15) is 0 Å². The number of benzene rings is 2. The van der Waals surface area contributed by atoms with Crippen LogP contribution in [0.4, 0.5) is 0 Å². The van der Waals surface area contributed by atoms with E-state index < -0.39 is 0 Å². The average molecular weight is 303 g/mol. The first-order chi connectivity index (χ1) is 11.2. The lowest BCUT2D eigenvalue weighted by Crippen LogP contribution is -1.94. The maximum Gasteiger partial charge on any atom is 0.226 e. The summed E-state index contributed by atoms with van der Waals surface area (Å²) in [6.45, 7) is 1.99. The van der Waals surface area contributed by atoms with E-state index in [1.54, 1.807) is 30.3 Å². The molecule has 1 aromatic heterocycles. The van der Waals surface area contributed by atoms with E-state index in [0.29, 0.717) is 28.8 Å². The van der Waals surface area contributed by atoms with Crippen LogP contribution in [0.2, 0.25) is 0 Å². The minimum atomic E-state index is 0.311. The lowest BCUT2D eigenvalue weighted by molar-refractivity contribution is 0.432. The maximum absolute atomic E-state index is 9.08. The summed E-state index contributed by atoms with van der Waals surface area (Å²) < 4.78 is 11.3. The first-order valence-electron chi connectivity index (χ1n) is 6.98. The molecule has 0 fully saturated rings. The Morgan fingerprint density at radius 3 is 2.48 bits per heavy atom. The zero-order valence-corrected chi connectivity index (χ0v) is 12.4. The standard InChI is InChI=1S/C18H13N3O2/c1-13-5-4-7-15(9-13)22-17-10-18(21-12-20-17)23-16-8-3-2-6-14(16)11-19/h2-10,12H,1H3. The number of hydrogen-bond acceptors (Lipinski definition) is 5. The Balaban J connectivity index is 1.81. The highest BCUT2D eigenvalue weighted by atomic mass is 16.5. The number of nitrogens with zero attached hydrogens (tertiary/aromatic N) is 3. The largest absolute Gasteiger partial charge is 0.439 e. The van der Waals surface area contributed by atoms with Crippen LogP contribution in [0.1, 0.15) is 11.1 Å². The third-order valence-corrected chi connectivity index (χ3v) is 3.05. The van der Waals surface area contributed by atoms with Crippen molar-refractivity contribution in [2.45, 2.75) is 6.92 Å². The van der Waals surface area contributed by atoms with Crippen LogP contribution >= 0.6 is 0 Å². The molecule has 0 spiro atoms. The fourth-order valence-electron chi connectivity index (χ4n) is 1.99. The van der Waals surface area contributed by atoms with Gasteiger partial charge in [0.05, 0.1) is 11.6 Å². The zero-order valence-electron chi connectivity index (χ0n) is 12.4. The molecule has 3 rings (SSSR count). The van der Waals surface area contributed by atoms with E-state index in [4.69, 9.17) is 14.7 Å². The van der Waals surface area contributed by atoms with Gasteiger partial charge in [-0.25, -0.2) is 9.97 Å². The number of nitriles is 1. The molecular formula is C18H13N3O2. The highest BCUT2D eigenvalue weighted by molar-refractivity contribution is 5.44. The molecule has 3 aromatic rings. The van der Waals surface area contributed by atoms with Crippen LogP contribution in [-0.4, -0.2) is 9.97 Å². The molecule has 112 valence electrons. The molecule has 23 heavy (non-hydrogen) atoms. The lowest BCUT2D eigenvalue weighted by atomic mass is 10.2. The number of para-hydroxylation sites is 1. The highest BCUT2D eigenvalue weighted by Crippen LogP contribution is 2.26. The second-order valence-corrected chi connectivity index (χ2v) is 4.82. The van der Waals surface area contributed by atoms with Gasteiger partial charge in [-0.05, 0) is 36.8 Å². The normalized spacial score (nSPS) is 9.91. The minimum absolute atomic E-state index is 0.311. The van der Waals surface area contributed by atoms with Crippen molar-refractivity contribution in [2.75, 3.05) is 0 Å². The quantitative estimate of drug-likeness (QED) is 0.721. The smallest absolute Gasteiger partial charge is 0.226 e. The van der Waals surface area contributed by atoms with E-state index in [-0.39, 0.29) is 0 Å². The zero-order chi connectivity index (χ0) is 16.1. The van der Waals surface area contributed by atoms with Crippen LogP contribution in [0, 0.1) is 18.3 Å². The molecule has 0 unspecified atom stereocenters. The van der Waals surface area contributed by atoms with Gasteiger partial charge in [-0.1, -0.05) is 24.3 Å². The first kappa shape index (κ1) is 14.5. The lowest BCUT2D eigenvalue weighted by Gasteiger charge is -2.08. The molecule has 0 radical (unpaired) electrons. The van der Waals surface area contributed by atoms with E-state index in [2.05, 4.69) is 16.0 Å². The fourth-order valence-corrected chi connectivity index (χ4v) is 1.99. The predicted octanol–water partition coefficient (Wildman–Crippen LogP) is 4.24. The van der Waals surface area contributed by atoms with Crippen LogP contribution in [0.3, 0.4) is 0 Å². The average Bonchev–Trinajstić information content (AvgIpc) is 2.56. The number of aryl methyl sites for hydroxylation is 1. The summed E-state index contributed by atoms with van der Waals surface area (Å²) in [5.41, 5.74) is 1.53. The fraction of sp³-hybridized carbons (Fsp3) is 0.0556. The molecule has 0 N–H and O–H groups in total. The molecule has 0 aliphatic carbocycles. The Morgan fingerprint density at radius 2 is 1.70 bits per heavy atom. The van der Waals surface area contributed by atoms with E-state index >= 15 is 0 Å². The van der Waals surface area contributed by atoms with Gasteiger partial charge < -0.3 is 9.47 Å². The van der Waals surface area contributed by atoms with Gasteiger partial charge in [0.2, 0.25) is 11.8 Å². The monoisotopic (exact) mass is 303 g/mol. The molecule has 5 heteroatoms. The van der Waals surface area contributed by atoms with Gasteiger partial charge in [-0.2, -0.15) is 5.26 Å². The van der Waals surface area contributed by atoms with Gasteiger partial charge >= 0.3 is 0 Å². The van der Waals surface area contributed by atoms with Gasteiger partial charge in [-0.15, -0.1) is 0 Å². The second kappa shape index (κ2) is 6.58. The van der Waals surface area contributed by atoms with Crippen LogP contribution in [-0.2, 0) is 0 Å². The summed E-state index contributed by atoms with van der Waals surface area (Å²) in [7, 11) is 0. The van der Waals surface area contributed by atoms with E-state index in [0.717, 1.165) is 5.56 Å². The summed E-state index contributed by atoms with van der Waals surface area (Å²) in [6, 6.07) is 18.3. The van der Waals surface area contributed by atoms with Crippen molar-refractivity contribution < 1.29 is 9.47 Å². The Labute approximate surface area is 133 Å². The number of ether oxygens (including phenoxy) is 2. The topological polar surface area (TPSA) is 68.0 Å². The summed E-state index contributed by atoms with van der Waals surface area (Å²) in [5.74, 6) is 1.81. The molecule has 0 amide bonds. The predicted molar refractivity (Wildman–Crippen MR) is 84.5 cm³/mol. The summed E-state index contributed by atoms with van der Waals surface area (Å²) in [5, 5.41) is 9.08. The third kappa shape index (κ3) is 3.63. The Kier molecular flexibility index (Phi) is 4.16. The molecule has 2 aromatic carbocycles. The van der Waals surface area contributed by atoms with Crippen molar-refractivity contribution >= 4 is 0 Å². The Morgan fingerprint density at radius 1 is 0.913 bits per heavy atom. The Bertz CT molecular complexity index is 872. The molecule has 0 aliphatic rings. The first-order valence-corrected chi connectivity index (χ1v) is 6.98. The number of hydrogen-bond donors (Lipinski definition) is 0. The van der Waals surface area contributed by atoms with Crippen LogP contribution < -0.4 is 9.47 Å². The molecule has 5 nitrogen and oxygen atoms in total. The van der Waals surface area contributed by atoms with Gasteiger partial charge in [0.25, 0.3) is 0 Å². The van der Waals surface area contributed by atoms with Crippen LogP contribution in [0.15, 0.2) is 60.9 Å². The van der Waals surface area contributed by atoms with Crippen LogP contribution in [0.25, 0.3) is 0 Å². The molecule has 0 bridgehead atoms. The summed E-state index contributed by atoms with van der Waals surface area (Å²) >= 11 is 0. The molecule has 0 atom stereocenters. The van der Waals surface area contributed by atoms with Crippen molar-refractivity contribution in [3.63, 3.8) is 0 Å². The van der Waals surface area contributed by atoms with Crippen molar-refractivity contribution in [1.29, 1.82) is 5.26 Å². The second-order valence-electron chi connectivity index (χ2n) is 4.82. The van der Waals surface area contributed by atoms with Gasteiger partial charge in [-0.3, -0.25) is 0 Å². The maximum atomic E-state index is 9.08. The van der Waals surface area contributed by atoms with E-state index in [1.165, 1.54) is 6.33 Å². The molecular weight excluding hydrogens is 290 g/mol. The Hall–Kier alpha value is -3.39. The van der Waals surface area contributed by atoms with Crippen molar-refractivity contribution in [3.05, 3.63) is 72.1 Å². The molecule has 1 heterocycles.